The summed E-state index contributed by atoms with van der Waals surface area (Å²) in [7, 11) is 0. The molecule has 0 aliphatic heterocycles. The second-order valence-electron chi connectivity index (χ2n) is 5.24. The van der Waals surface area contributed by atoms with Gasteiger partial charge in [0.05, 0.1) is 18.0 Å². The van der Waals surface area contributed by atoms with Gasteiger partial charge in [0.15, 0.2) is 0 Å². The number of aryl methyl sites for hydroxylation is 1. The Morgan fingerprint density at radius 3 is 2.58 bits per heavy atom. The van der Waals surface area contributed by atoms with E-state index in [0.29, 0.717) is 5.75 Å². The first-order valence-electron chi connectivity index (χ1n) is 7.36. The third-order valence-electron chi connectivity index (χ3n) is 3.35. The zero-order chi connectivity index (χ0) is 17.5. The van der Waals surface area contributed by atoms with Crippen LogP contribution in [0.4, 0.5) is 5.69 Å². The highest BCUT2D eigenvalue weighted by molar-refractivity contribution is 5.76. The molecule has 0 aromatic heterocycles. The molecule has 0 unspecified atom stereocenters. The van der Waals surface area contributed by atoms with E-state index in [0.717, 1.165) is 17.7 Å². The van der Waals surface area contributed by atoms with E-state index in [4.69, 9.17) is 4.74 Å². The average molecular weight is 329 g/mol. The lowest BCUT2D eigenvalue weighted by Crippen LogP contribution is -2.25. The number of nitrogens with one attached hydrogen (secondary N) is 1. The molecule has 0 aliphatic rings. The Morgan fingerprint density at radius 1 is 1.21 bits per heavy atom. The summed E-state index contributed by atoms with van der Waals surface area (Å²) in [5, 5.41) is 24.9. The molecular weight excluding hydrogens is 312 g/mol. The summed E-state index contributed by atoms with van der Waals surface area (Å²) < 4.78 is 5.45. The Balaban J connectivity index is 1.80. The van der Waals surface area contributed by atoms with Crippen molar-refractivity contribution in [3.63, 3.8) is 0 Å². The van der Waals surface area contributed by atoms with Crippen LogP contribution in [0.15, 0.2) is 42.5 Å². The van der Waals surface area contributed by atoms with E-state index < -0.39 is 4.92 Å². The highest BCUT2D eigenvalue weighted by atomic mass is 16.6. The minimum Gasteiger partial charge on any atom is -0.872 e. The van der Waals surface area contributed by atoms with Crippen LogP contribution in [-0.4, -0.2) is 17.4 Å². The highest BCUT2D eigenvalue weighted by Crippen LogP contribution is 2.20. The lowest BCUT2D eigenvalue weighted by molar-refractivity contribution is -0.385. The first-order valence-corrected chi connectivity index (χ1v) is 7.36. The van der Waals surface area contributed by atoms with E-state index in [9.17, 15) is 20.0 Å². The van der Waals surface area contributed by atoms with Crippen molar-refractivity contribution >= 4 is 11.6 Å². The molecule has 0 fully saturated rings. The van der Waals surface area contributed by atoms with Gasteiger partial charge in [-0.1, -0.05) is 23.8 Å². The average Bonchev–Trinajstić information content (AvgIpc) is 2.55. The molecule has 0 radical (unpaired) electrons. The molecule has 1 amide bonds. The number of hydrogen-bond acceptors (Lipinski definition) is 5. The van der Waals surface area contributed by atoms with E-state index in [2.05, 4.69) is 5.32 Å². The monoisotopic (exact) mass is 329 g/mol. The Kier molecular flexibility index (Phi) is 5.73. The normalized spacial score (nSPS) is 10.2. The highest BCUT2D eigenvalue weighted by Gasteiger charge is 2.08. The van der Waals surface area contributed by atoms with Gasteiger partial charge in [0.1, 0.15) is 5.75 Å². The molecule has 126 valence electrons. The molecule has 0 saturated heterocycles. The molecule has 7 heteroatoms. The van der Waals surface area contributed by atoms with Gasteiger partial charge in [0, 0.05) is 18.7 Å². The van der Waals surface area contributed by atoms with Gasteiger partial charge in [-0.2, -0.15) is 0 Å². The summed E-state index contributed by atoms with van der Waals surface area (Å²) in [4.78, 5) is 21.9. The van der Waals surface area contributed by atoms with Crippen molar-refractivity contribution in [3.05, 3.63) is 63.7 Å². The number of nitro benzene ring substituents is 1. The van der Waals surface area contributed by atoms with Crippen molar-refractivity contribution in [1.82, 2.24) is 5.32 Å². The number of nitrogens with zero attached hydrogens (tertiary/aromatic N) is 1. The van der Waals surface area contributed by atoms with Crippen LogP contribution in [0.3, 0.4) is 0 Å². The first kappa shape index (κ1) is 17.3. The molecule has 24 heavy (non-hydrogen) atoms. The van der Waals surface area contributed by atoms with Crippen molar-refractivity contribution < 1.29 is 19.6 Å². The van der Waals surface area contributed by atoms with E-state index in [1.165, 1.54) is 6.07 Å². The number of hydrogen-bond donors (Lipinski definition) is 1. The number of carbonyl (C=O) groups excluding carboxylic acids is 1. The second kappa shape index (κ2) is 7.96. The van der Waals surface area contributed by atoms with Gasteiger partial charge in [-0.25, -0.2) is 0 Å². The van der Waals surface area contributed by atoms with E-state index in [1.54, 1.807) is 0 Å². The Morgan fingerprint density at radius 2 is 1.92 bits per heavy atom. The fourth-order valence-electron chi connectivity index (χ4n) is 2.00. The standard InChI is InChI=1S/C17H18N2O5/c1-12-2-5-15(6-3-12)24-9-8-17(21)18-11-13-10-14(19(22)23)4-7-16(13)20/h2-7,10,20H,8-9,11H2,1H3,(H,18,21)/p-1. The number of rotatable bonds is 7. The van der Waals surface area contributed by atoms with Gasteiger partial charge in [0.25, 0.3) is 5.69 Å². The van der Waals surface area contributed by atoms with E-state index >= 15 is 0 Å². The van der Waals surface area contributed by atoms with Crippen LogP contribution in [0.1, 0.15) is 17.5 Å². The van der Waals surface area contributed by atoms with E-state index in [-0.39, 0.29) is 42.5 Å². The zero-order valence-electron chi connectivity index (χ0n) is 13.2. The molecule has 0 atom stereocenters. The molecule has 0 bridgehead atoms. The Hall–Kier alpha value is -3.09. The number of amides is 1. The molecular formula is C17H17N2O5-. The zero-order valence-corrected chi connectivity index (χ0v) is 13.2. The van der Waals surface area contributed by atoms with Crippen LogP contribution in [0.2, 0.25) is 0 Å². The van der Waals surface area contributed by atoms with Crippen LogP contribution >= 0.6 is 0 Å². The summed E-state index contributed by atoms with van der Waals surface area (Å²) in [6, 6.07) is 10.9. The first-order chi connectivity index (χ1) is 11.5. The van der Waals surface area contributed by atoms with Crippen LogP contribution in [-0.2, 0) is 11.3 Å². The lowest BCUT2D eigenvalue weighted by Gasteiger charge is -2.13. The van der Waals surface area contributed by atoms with Crippen LogP contribution < -0.4 is 15.2 Å². The van der Waals surface area contributed by atoms with E-state index in [1.807, 2.05) is 31.2 Å². The topological polar surface area (TPSA) is 105 Å². The van der Waals surface area contributed by atoms with Crippen LogP contribution in [0.25, 0.3) is 0 Å². The molecule has 0 heterocycles. The minimum atomic E-state index is -0.583. The largest absolute Gasteiger partial charge is 0.872 e. The molecule has 0 aliphatic carbocycles. The molecule has 1 N–H and O–H groups in total. The Labute approximate surface area is 139 Å². The number of carbonyl (C=O) groups is 1. The van der Waals surface area contributed by atoms with Crippen molar-refractivity contribution in [2.45, 2.75) is 19.9 Å². The summed E-state index contributed by atoms with van der Waals surface area (Å²) >= 11 is 0. The van der Waals surface area contributed by atoms with Gasteiger partial charge in [-0.15, -0.1) is 5.75 Å². The molecule has 0 spiro atoms. The molecule has 7 nitrogen and oxygen atoms in total. The molecule has 2 rings (SSSR count). The second-order valence-corrected chi connectivity index (χ2v) is 5.24. The maximum absolute atomic E-state index is 11.8. The maximum Gasteiger partial charge on any atom is 0.269 e. The summed E-state index contributed by atoms with van der Waals surface area (Å²) in [5.74, 6) is 0.0266. The van der Waals surface area contributed by atoms with Crippen molar-refractivity contribution in [2.24, 2.45) is 0 Å². The predicted octanol–water partition coefficient (Wildman–Crippen LogP) is 2.06. The fraction of sp³-hybridized carbons (Fsp3) is 0.235. The van der Waals surface area contributed by atoms with Gasteiger partial charge in [-0.05, 0) is 24.6 Å². The fourth-order valence-corrected chi connectivity index (χ4v) is 2.00. The smallest absolute Gasteiger partial charge is 0.269 e. The summed E-state index contributed by atoms with van der Waals surface area (Å²) in [6.45, 7) is 2.12. The summed E-state index contributed by atoms with van der Waals surface area (Å²) in [6.07, 6.45) is 0.122. The van der Waals surface area contributed by atoms with Crippen molar-refractivity contribution in [3.8, 4) is 11.5 Å². The van der Waals surface area contributed by atoms with Crippen LogP contribution in [0.5, 0.6) is 11.5 Å². The van der Waals surface area contributed by atoms with Gasteiger partial charge < -0.3 is 15.2 Å². The molecule has 0 saturated carbocycles. The lowest BCUT2D eigenvalue weighted by atomic mass is 10.1. The number of nitro groups is 1. The van der Waals surface area contributed by atoms with Crippen molar-refractivity contribution in [1.29, 1.82) is 0 Å². The molecule has 2 aromatic rings. The van der Waals surface area contributed by atoms with Crippen molar-refractivity contribution in [2.75, 3.05) is 6.61 Å². The van der Waals surface area contributed by atoms with Gasteiger partial charge in [0.2, 0.25) is 5.91 Å². The third-order valence-corrected chi connectivity index (χ3v) is 3.35. The Bertz CT molecular complexity index is 728. The third kappa shape index (κ3) is 4.98. The van der Waals surface area contributed by atoms with Crippen LogP contribution in [0, 0.1) is 17.0 Å². The maximum atomic E-state index is 11.8. The quantitative estimate of drug-likeness (QED) is 0.618. The number of ether oxygens (including phenoxy) is 1. The number of benzene rings is 2. The minimum absolute atomic E-state index is 0.0517. The van der Waals surface area contributed by atoms with Gasteiger partial charge >= 0.3 is 0 Å². The number of non-ortho nitro benzene ring substituents is 1. The summed E-state index contributed by atoms with van der Waals surface area (Å²) in [5.41, 5.74) is 1.11. The predicted molar refractivity (Wildman–Crippen MR) is 85.7 cm³/mol. The molecule has 2 aromatic carbocycles. The SMILES string of the molecule is Cc1ccc(OCCC(=O)NCc2cc([N+](=O)[O-])ccc2[O-])cc1. The van der Waals surface area contributed by atoms with Gasteiger partial charge in [-0.3, -0.25) is 14.9 Å².